The molecule has 1 aromatic heterocycles. The molecule has 2 rings (SSSR count). The van der Waals surface area contributed by atoms with Crippen molar-refractivity contribution in [3.8, 4) is 0 Å². The second kappa shape index (κ2) is 6.05. The third-order valence-electron chi connectivity index (χ3n) is 4.40. The molecule has 1 aliphatic rings. The Hall–Kier alpha value is -0.940. The number of amides is 1. The highest BCUT2D eigenvalue weighted by Gasteiger charge is 2.37. The average molecular weight is 309 g/mol. The molecule has 4 nitrogen and oxygen atoms in total. The van der Waals surface area contributed by atoms with Crippen molar-refractivity contribution in [2.45, 2.75) is 52.9 Å². The van der Waals surface area contributed by atoms with Crippen molar-refractivity contribution in [1.82, 2.24) is 10.3 Å². The van der Waals surface area contributed by atoms with Crippen LogP contribution in [0.5, 0.6) is 0 Å². The van der Waals surface area contributed by atoms with Gasteiger partial charge in [0.25, 0.3) is 0 Å². The summed E-state index contributed by atoms with van der Waals surface area (Å²) in [6.07, 6.45) is 2.26. The van der Waals surface area contributed by atoms with E-state index in [-0.39, 0.29) is 16.7 Å². The quantitative estimate of drug-likeness (QED) is 0.899. The van der Waals surface area contributed by atoms with Crippen molar-refractivity contribution < 1.29 is 4.79 Å². The van der Waals surface area contributed by atoms with Gasteiger partial charge in [-0.3, -0.25) is 4.79 Å². The van der Waals surface area contributed by atoms with Gasteiger partial charge in [-0.25, -0.2) is 4.98 Å². The second-order valence-electron chi connectivity index (χ2n) is 7.51. The van der Waals surface area contributed by atoms with Gasteiger partial charge in [-0.1, -0.05) is 34.6 Å². The summed E-state index contributed by atoms with van der Waals surface area (Å²) in [5, 5.41) is 9.15. The number of carbonyl (C=O) groups excluding carboxylic acids is 1. The van der Waals surface area contributed by atoms with Gasteiger partial charge >= 0.3 is 0 Å². The molecule has 2 N–H and O–H groups in total. The molecule has 0 bridgehead atoms. The minimum Gasteiger partial charge on any atom is -0.316 e. The second-order valence-corrected chi connectivity index (χ2v) is 8.37. The fraction of sp³-hybridized carbons (Fsp3) is 0.750. The first-order chi connectivity index (χ1) is 9.71. The summed E-state index contributed by atoms with van der Waals surface area (Å²) >= 11 is 1.51. The molecule has 21 heavy (non-hydrogen) atoms. The molecule has 1 fully saturated rings. The van der Waals surface area contributed by atoms with Gasteiger partial charge in [0.15, 0.2) is 5.13 Å². The number of nitrogens with one attached hydrogen (secondary N) is 2. The molecule has 1 saturated heterocycles. The Morgan fingerprint density at radius 3 is 2.62 bits per heavy atom. The summed E-state index contributed by atoms with van der Waals surface area (Å²) in [5.74, 6) is 0.458. The zero-order valence-electron chi connectivity index (χ0n) is 13.7. The van der Waals surface area contributed by atoms with E-state index in [1.165, 1.54) is 11.3 Å². The zero-order valence-corrected chi connectivity index (χ0v) is 14.6. The normalized spacial score (nSPS) is 20.3. The predicted octanol–water partition coefficient (Wildman–Crippen LogP) is 3.40. The van der Waals surface area contributed by atoms with Crippen molar-refractivity contribution in [2.24, 2.45) is 11.3 Å². The van der Waals surface area contributed by atoms with Crippen LogP contribution in [0.2, 0.25) is 0 Å². The van der Waals surface area contributed by atoms with E-state index in [0.29, 0.717) is 11.0 Å². The Kier molecular flexibility index (Phi) is 4.73. The first kappa shape index (κ1) is 16.4. The molecule has 0 spiro atoms. The highest BCUT2D eigenvalue weighted by atomic mass is 32.1. The van der Waals surface area contributed by atoms with E-state index in [9.17, 15) is 4.79 Å². The summed E-state index contributed by atoms with van der Waals surface area (Å²) < 4.78 is 0. The van der Waals surface area contributed by atoms with Crippen molar-refractivity contribution >= 4 is 22.4 Å². The molecule has 5 heteroatoms. The number of anilines is 1. The molecule has 1 amide bonds. The van der Waals surface area contributed by atoms with Crippen LogP contribution in [0.15, 0.2) is 5.38 Å². The Morgan fingerprint density at radius 2 is 2.10 bits per heavy atom. The smallest absolute Gasteiger partial charge is 0.232 e. The Bertz CT molecular complexity index is 496. The number of thiazole rings is 1. The van der Waals surface area contributed by atoms with Crippen LogP contribution in [0.4, 0.5) is 5.13 Å². The molecular weight excluding hydrogens is 282 g/mol. The highest BCUT2D eigenvalue weighted by molar-refractivity contribution is 7.13. The lowest BCUT2D eigenvalue weighted by Gasteiger charge is -2.35. The molecule has 1 unspecified atom stereocenters. The number of hydrogen-bond donors (Lipinski definition) is 2. The summed E-state index contributed by atoms with van der Waals surface area (Å²) in [5.41, 5.74) is 0.670. The molecule has 1 atom stereocenters. The van der Waals surface area contributed by atoms with Crippen LogP contribution < -0.4 is 10.6 Å². The van der Waals surface area contributed by atoms with Crippen molar-refractivity contribution in [3.05, 3.63) is 11.1 Å². The van der Waals surface area contributed by atoms with Crippen LogP contribution in [0.1, 0.15) is 53.2 Å². The van der Waals surface area contributed by atoms with Gasteiger partial charge in [-0.15, -0.1) is 11.3 Å². The maximum absolute atomic E-state index is 12.6. The van der Waals surface area contributed by atoms with Crippen LogP contribution in [0.25, 0.3) is 0 Å². The SMILES string of the molecule is CC(C)(C)c1csc(NC(=O)C(C)(C)C2CCCNC2)n1. The standard InChI is InChI=1S/C16H27N3OS/c1-15(2,3)12-10-21-14(18-12)19-13(20)16(4,5)11-7-6-8-17-9-11/h10-11,17H,6-9H2,1-5H3,(H,18,19,20). The molecule has 1 aromatic rings. The van der Waals surface area contributed by atoms with Gasteiger partial charge in [0.2, 0.25) is 5.91 Å². The largest absolute Gasteiger partial charge is 0.316 e. The Morgan fingerprint density at radius 1 is 1.38 bits per heavy atom. The van der Waals surface area contributed by atoms with Gasteiger partial charge in [-0.2, -0.15) is 0 Å². The molecule has 1 aliphatic heterocycles. The van der Waals surface area contributed by atoms with Crippen molar-refractivity contribution in [3.63, 3.8) is 0 Å². The van der Waals surface area contributed by atoms with Gasteiger partial charge in [0.05, 0.1) is 5.69 Å². The van der Waals surface area contributed by atoms with Crippen LogP contribution in [-0.2, 0) is 10.2 Å². The lowest BCUT2D eigenvalue weighted by atomic mass is 9.74. The number of carbonyl (C=O) groups is 1. The minimum atomic E-state index is -0.374. The summed E-state index contributed by atoms with van der Waals surface area (Å²) in [7, 11) is 0. The van der Waals surface area contributed by atoms with E-state index in [2.05, 4.69) is 36.4 Å². The predicted molar refractivity (Wildman–Crippen MR) is 88.8 cm³/mol. The monoisotopic (exact) mass is 309 g/mol. The van der Waals surface area contributed by atoms with E-state index in [1.807, 2.05) is 19.2 Å². The van der Waals surface area contributed by atoms with Crippen LogP contribution >= 0.6 is 11.3 Å². The van der Waals surface area contributed by atoms with E-state index in [0.717, 1.165) is 31.6 Å². The van der Waals surface area contributed by atoms with Gasteiger partial charge in [0, 0.05) is 16.2 Å². The lowest BCUT2D eigenvalue weighted by molar-refractivity contribution is -0.127. The summed E-state index contributed by atoms with van der Waals surface area (Å²) in [6.45, 7) is 12.5. The lowest BCUT2D eigenvalue weighted by Crippen LogP contribution is -2.44. The van der Waals surface area contributed by atoms with E-state index >= 15 is 0 Å². The maximum atomic E-state index is 12.6. The number of rotatable bonds is 3. The first-order valence-electron chi connectivity index (χ1n) is 7.69. The van der Waals surface area contributed by atoms with Crippen LogP contribution in [-0.4, -0.2) is 24.0 Å². The maximum Gasteiger partial charge on any atom is 0.232 e. The Balaban J connectivity index is 2.04. The topological polar surface area (TPSA) is 54.0 Å². The minimum absolute atomic E-state index is 0.0162. The molecule has 0 aliphatic carbocycles. The van der Waals surface area contributed by atoms with E-state index in [1.54, 1.807) is 0 Å². The highest BCUT2D eigenvalue weighted by Crippen LogP contribution is 2.34. The fourth-order valence-corrected chi connectivity index (χ4v) is 3.52. The third-order valence-corrected chi connectivity index (χ3v) is 5.15. The fourth-order valence-electron chi connectivity index (χ4n) is 2.59. The van der Waals surface area contributed by atoms with E-state index < -0.39 is 0 Å². The molecular formula is C16H27N3OS. The van der Waals surface area contributed by atoms with Gasteiger partial charge < -0.3 is 10.6 Å². The zero-order chi connectivity index (χ0) is 15.7. The Labute approximate surface area is 131 Å². The van der Waals surface area contributed by atoms with Crippen LogP contribution in [0, 0.1) is 11.3 Å². The summed E-state index contributed by atoms with van der Waals surface area (Å²) in [6, 6.07) is 0. The van der Waals surface area contributed by atoms with Crippen molar-refractivity contribution in [2.75, 3.05) is 18.4 Å². The summed E-state index contributed by atoms with van der Waals surface area (Å²) in [4.78, 5) is 17.2. The number of piperidine rings is 1. The number of aromatic nitrogens is 1. The number of hydrogen-bond acceptors (Lipinski definition) is 4. The third kappa shape index (κ3) is 3.83. The first-order valence-corrected chi connectivity index (χ1v) is 8.57. The van der Waals surface area contributed by atoms with E-state index in [4.69, 9.17) is 0 Å². The number of nitrogens with zero attached hydrogens (tertiary/aromatic N) is 1. The average Bonchev–Trinajstić information content (AvgIpc) is 2.88. The van der Waals surface area contributed by atoms with Crippen LogP contribution in [0.3, 0.4) is 0 Å². The van der Waals surface area contributed by atoms with Crippen molar-refractivity contribution in [1.29, 1.82) is 0 Å². The molecule has 118 valence electrons. The van der Waals surface area contributed by atoms with Gasteiger partial charge in [0.1, 0.15) is 0 Å². The molecule has 0 aromatic carbocycles. The van der Waals surface area contributed by atoms with Gasteiger partial charge in [-0.05, 0) is 31.8 Å². The molecule has 0 saturated carbocycles. The molecule has 0 radical (unpaired) electrons. The molecule has 2 heterocycles.